The van der Waals surface area contributed by atoms with E-state index in [9.17, 15) is 9.59 Å². The molecule has 2 aromatic rings. The highest BCUT2D eigenvalue weighted by Crippen LogP contribution is 2.29. The molecule has 5 rings (SSSR count). The van der Waals surface area contributed by atoms with Gasteiger partial charge in [0.05, 0.1) is 5.69 Å². The molecule has 8 nitrogen and oxygen atoms in total. The third-order valence-corrected chi connectivity index (χ3v) is 7.61. The maximum atomic E-state index is 12.8. The fraction of sp³-hybridized carbons (Fsp3) is 0.667. The second-order valence-electron chi connectivity index (χ2n) is 9.66. The average Bonchev–Trinajstić information content (AvgIpc) is 3.47. The van der Waals surface area contributed by atoms with Crippen LogP contribution in [0.5, 0.6) is 0 Å². The van der Waals surface area contributed by atoms with Gasteiger partial charge in [-0.05, 0) is 38.7 Å². The monoisotopic (exact) mass is 438 g/mol. The molecular formula is C24H34N6O2. The summed E-state index contributed by atoms with van der Waals surface area (Å²) in [6.45, 7) is 5.70. The van der Waals surface area contributed by atoms with Crippen molar-refractivity contribution in [2.24, 2.45) is 0 Å². The summed E-state index contributed by atoms with van der Waals surface area (Å²) < 4.78 is 1.87. The SMILES string of the molecule is Cc1ccnn1CCC(=O)N1CC[C@@H](c2nc3c(c(=O)[nH]2)CCN(C2CCCCC2)C3)C1. The van der Waals surface area contributed by atoms with E-state index in [0.717, 1.165) is 55.3 Å². The number of amides is 1. The molecule has 1 aliphatic carbocycles. The van der Waals surface area contributed by atoms with Gasteiger partial charge >= 0.3 is 0 Å². The Morgan fingerprint density at radius 3 is 2.81 bits per heavy atom. The van der Waals surface area contributed by atoms with Gasteiger partial charge in [0.1, 0.15) is 5.82 Å². The van der Waals surface area contributed by atoms with Gasteiger partial charge in [-0.1, -0.05) is 19.3 Å². The van der Waals surface area contributed by atoms with Gasteiger partial charge in [-0.15, -0.1) is 0 Å². The second-order valence-corrected chi connectivity index (χ2v) is 9.66. The Morgan fingerprint density at radius 1 is 1.19 bits per heavy atom. The highest BCUT2D eigenvalue weighted by atomic mass is 16.2. The first-order valence-electron chi connectivity index (χ1n) is 12.2. The van der Waals surface area contributed by atoms with Crippen LogP contribution in [0.1, 0.15) is 73.6 Å². The maximum absolute atomic E-state index is 12.8. The highest BCUT2D eigenvalue weighted by Gasteiger charge is 2.31. The van der Waals surface area contributed by atoms with Crippen LogP contribution in [0.2, 0.25) is 0 Å². The summed E-state index contributed by atoms with van der Waals surface area (Å²) in [5.41, 5.74) is 2.91. The van der Waals surface area contributed by atoms with Crippen molar-refractivity contribution in [2.75, 3.05) is 19.6 Å². The average molecular weight is 439 g/mol. The van der Waals surface area contributed by atoms with Gasteiger partial charge in [0.2, 0.25) is 5.91 Å². The Morgan fingerprint density at radius 2 is 2.03 bits per heavy atom. The van der Waals surface area contributed by atoms with Crippen LogP contribution in [-0.2, 0) is 24.3 Å². The fourth-order valence-corrected chi connectivity index (χ4v) is 5.63. The van der Waals surface area contributed by atoms with Gasteiger partial charge in [0, 0.05) is 68.6 Å². The summed E-state index contributed by atoms with van der Waals surface area (Å²) in [4.78, 5) is 38.0. The molecule has 1 atom stereocenters. The van der Waals surface area contributed by atoms with Crippen molar-refractivity contribution in [3.05, 3.63) is 45.4 Å². The van der Waals surface area contributed by atoms with Crippen molar-refractivity contribution in [3.8, 4) is 0 Å². The largest absolute Gasteiger partial charge is 0.342 e. The van der Waals surface area contributed by atoms with E-state index in [4.69, 9.17) is 4.98 Å². The molecule has 1 saturated carbocycles. The third kappa shape index (κ3) is 4.37. The molecule has 0 bridgehead atoms. The fourth-order valence-electron chi connectivity index (χ4n) is 5.63. The molecule has 4 heterocycles. The molecule has 0 spiro atoms. The van der Waals surface area contributed by atoms with Gasteiger partial charge < -0.3 is 9.88 Å². The number of hydrogen-bond acceptors (Lipinski definition) is 5. The van der Waals surface area contributed by atoms with E-state index >= 15 is 0 Å². The van der Waals surface area contributed by atoms with Crippen LogP contribution in [0.3, 0.4) is 0 Å². The van der Waals surface area contributed by atoms with E-state index < -0.39 is 0 Å². The summed E-state index contributed by atoms with van der Waals surface area (Å²) in [6.07, 6.45) is 10.4. The number of rotatable bonds is 5. The molecule has 2 aromatic heterocycles. The molecule has 32 heavy (non-hydrogen) atoms. The zero-order valence-electron chi connectivity index (χ0n) is 19.1. The molecule has 2 aliphatic heterocycles. The lowest BCUT2D eigenvalue weighted by Crippen LogP contribution is -2.42. The Balaban J connectivity index is 1.24. The van der Waals surface area contributed by atoms with Crippen LogP contribution in [0.25, 0.3) is 0 Å². The van der Waals surface area contributed by atoms with E-state index in [0.29, 0.717) is 25.6 Å². The number of nitrogens with one attached hydrogen (secondary N) is 1. The number of likely N-dealkylation sites (tertiary alicyclic amines) is 1. The first-order chi connectivity index (χ1) is 15.6. The van der Waals surface area contributed by atoms with E-state index in [2.05, 4.69) is 15.0 Å². The molecule has 3 aliphatic rings. The molecule has 1 saturated heterocycles. The minimum absolute atomic E-state index is 0.0206. The van der Waals surface area contributed by atoms with Crippen molar-refractivity contribution in [1.29, 1.82) is 0 Å². The van der Waals surface area contributed by atoms with Crippen LogP contribution in [0.4, 0.5) is 0 Å². The Bertz CT molecular complexity index is 1020. The smallest absolute Gasteiger partial charge is 0.254 e. The number of carbonyl (C=O) groups is 1. The van der Waals surface area contributed by atoms with Gasteiger partial charge in [-0.25, -0.2) is 4.98 Å². The van der Waals surface area contributed by atoms with E-state index in [1.165, 1.54) is 32.1 Å². The molecule has 1 amide bonds. The molecule has 2 fully saturated rings. The van der Waals surface area contributed by atoms with Crippen LogP contribution < -0.4 is 5.56 Å². The maximum Gasteiger partial charge on any atom is 0.254 e. The van der Waals surface area contributed by atoms with E-state index in [-0.39, 0.29) is 17.4 Å². The second kappa shape index (κ2) is 9.17. The van der Waals surface area contributed by atoms with Crippen molar-refractivity contribution >= 4 is 5.91 Å². The van der Waals surface area contributed by atoms with Gasteiger partial charge in [-0.3, -0.25) is 19.2 Å². The Labute approximate surface area is 189 Å². The van der Waals surface area contributed by atoms with Crippen molar-refractivity contribution in [1.82, 2.24) is 29.5 Å². The number of fused-ring (bicyclic) bond motifs is 1. The number of H-pyrrole nitrogens is 1. The van der Waals surface area contributed by atoms with Crippen LogP contribution in [0, 0.1) is 6.92 Å². The summed E-state index contributed by atoms with van der Waals surface area (Å²) in [5.74, 6) is 1.01. The molecule has 0 aromatic carbocycles. The normalized spacial score (nSPS) is 22.3. The molecule has 0 unspecified atom stereocenters. The summed E-state index contributed by atoms with van der Waals surface area (Å²) in [5, 5.41) is 4.26. The first kappa shape index (κ1) is 21.4. The van der Waals surface area contributed by atoms with Gasteiger partial charge in [-0.2, -0.15) is 5.10 Å². The summed E-state index contributed by atoms with van der Waals surface area (Å²) in [7, 11) is 0. The number of aromatic nitrogens is 4. The van der Waals surface area contributed by atoms with Crippen molar-refractivity contribution in [3.63, 3.8) is 0 Å². The topological polar surface area (TPSA) is 87.1 Å². The Kier molecular flexibility index (Phi) is 6.13. The molecular weight excluding hydrogens is 404 g/mol. The highest BCUT2D eigenvalue weighted by molar-refractivity contribution is 5.76. The number of hydrogen-bond donors (Lipinski definition) is 1. The number of nitrogens with zero attached hydrogens (tertiary/aromatic N) is 5. The van der Waals surface area contributed by atoms with Crippen molar-refractivity contribution < 1.29 is 4.79 Å². The molecule has 8 heteroatoms. The zero-order chi connectivity index (χ0) is 22.1. The lowest BCUT2D eigenvalue weighted by Gasteiger charge is -2.37. The van der Waals surface area contributed by atoms with E-state index in [1.807, 2.05) is 22.6 Å². The van der Waals surface area contributed by atoms with E-state index in [1.54, 1.807) is 6.20 Å². The standard InChI is InChI=1S/C24H34N6O2/c1-17-7-11-25-30(17)14-10-22(31)29-12-8-18(15-29)23-26-21-16-28(19-5-3-2-4-6-19)13-9-20(21)24(32)27-23/h7,11,18-19H,2-6,8-10,12-16H2,1H3,(H,26,27,32)/t18-/m1/s1. The minimum Gasteiger partial charge on any atom is -0.342 e. The Hall–Kier alpha value is -2.48. The number of aryl methyl sites for hydroxylation is 2. The van der Waals surface area contributed by atoms with Gasteiger partial charge in [0.15, 0.2) is 0 Å². The molecule has 1 N–H and O–H groups in total. The van der Waals surface area contributed by atoms with Crippen LogP contribution in [0.15, 0.2) is 17.1 Å². The minimum atomic E-state index is 0.0206. The predicted octanol–water partition coefficient (Wildman–Crippen LogP) is 2.37. The first-order valence-corrected chi connectivity index (χ1v) is 12.2. The predicted molar refractivity (Wildman–Crippen MR) is 121 cm³/mol. The third-order valence-electron chi connectivity index (χ3n) is 7.61. The quantitative estimate of drug-likeness (QED) is 0.774. The van der Waals surface area contributed by atoms with Crippen LogP contribution >= 0.6 is 0 Å². The van der Waals surface area contributed by atoms with Crippen molar-refractivity contribution in [2.45, 2.75) is 83.3 Å². The lowest BCUT2D eigenvalue weighted by molar-refractivity contribution is -0.130. The van der Waals surface area contributed by atoms with Gasteiger partial charge in [0.25, 0.3) is 5.56 Å². The lowest BCUT2D eigenvalue weighted by atomic mass is 9.92. The number of carbonyl (C=O) groups excluding carboxylic acids is 1. The zero-order valence-corrected chi connectivity index (χ0v) is 19.1. The molecule has 0 radical (unpaired) electrons. The number of aromatic amines is 1. The molecule has 172 valence electrons. The van der Waals surface area contributed by atoms with Crippen LogP contribution in [-0.4, -0.2) is 61.1 Å². The summed E-state index contributed by atoms with van der Waals surface area (Å²) >= 11 is 0. The summed E-state index contributed by atoms with van der Waals surface area (Å²) in [6, 6.07) is 2.59.